The zero-order chi connectivity index (χ0) is 21.0. The summed E-state index contributed by atoms with van der Waals surface area (Å²) in [5.74, 6) is -0.679. The number of likely N-dealkylation sites (N-methyl/N-ethyl adjacent to an activating group) is 1. The highest BCUT2D eigenvalue weighted by Gasteiger charge is 2.18. The first-order valence-electron chi connectivity index (χ1n) is 9.97. The molecule has 1 amide bonds. The predicted octanol–water partition coefficient (Wildman–Crippen LogP) is 4.37. The predicted molar refractivity (Wildman–Crippen MR) is 119 cm³/mol. The Morgan fingerprint density at radius 2 is 1.90 bits per heavy atom. The number of hydrogen-bond acceptors (Lipinski definition) is 4. The average molecular weight is 419 g/mol. The maximum Gasteiger partial charge on any atom is 0.246 e. The lowest BCUT2D eigenvalue weighted by Crippen LogP contribution is -2.46. The molecule has 5 nitrogen and oxygen atoms in total. The number of rotatable bonds is 6. The van der Waals surface area contributed by atoms with Crippen LogP contribution in [-0.2, 0) is 4.79 Å². The Morgan fingerprint density at radius 1 is 1.17 bits per heavy atom. The Morgan fingerprint density at radius 3 is 2.52 bits per heavy atom. The fourth-order valence-corrected chi connectivity index (χ4v) is 3.77. The topological polar surface area (TPSA) is 47.6 Å². The molecule has 2 aromatic rings. The van der Waals surface area contributed by atoms with Crippen LogP contribution in [-0.4, -0.2) is 49.6 Å². The molecule has 0 saturated carbocycles. The lowest BCUT2D eigenvalue weighted by atomic mass is 10.1. The molecule has 0 radical (unpaired) electrons. The summed E-state index contributed by atoms with van der Waals surface area (Å²) in [4.78, 5) is 17.3. The van der Waals surface area contributed by atoms with E-state index in [-0.39, 0.29) is 10.9 Å². The zero-order valence-electron chi connectivity index (χ0n) is 17.1. The van der Waals surface area contributed by atoms with E-state index in [2.05, 4.69) is 46.4 Å². The van der Waals surface area contributed by atoms with Crippen molar-refractivity contribution in [2.24, 2.45) is 0 Å². The van der Waals surface area contributed by atoms with Gasteiger partial charge in [0.2, 0.25) is 5.91 Å². The van der Waals surface area contributed by atoms with E-state index in [4.69, 9.17) is 11.6 Å². The second-order valence-electron chi connectivity index (χ2n) is 7.40. The van der Waals surface area contributed by atoms with Gasteiger partial charge in [0.25, 0.3) is 0 Å². The molecule has 0 unspecified atom stereocenters. The third-order valence-electron chi connectivity index (χ3n) is 5.32. The molecule has 1 atom stereocenters. The van der Waals surface area contributed by atoms with Crippen LogP contribution in [0.5, 0.6) is 0 Å². The van der Waals surface area contributed by atoms with Crippen LogP contribution in [0, 0.1) is 12.7 Å². The largest absolute Gasteiger partial charge is 0.374 e. The molecule has 3 rings (SSSR count). The highest BCUT2D eigenvalue weighted by atomic mass is 35.5. The van der Waals surface area contributed by atoms with E-state index < -0.39 is 11.9 Å². The van der Waals surface area contributed by atoms with Crippen molar-refractivity contribution in [3.63, 3.8) is 0 Å². The second-order valence-corrected chi connectivity index (χ2v) is 7.81. The van der Waals surface area contributed by atoms with Gasteiger partial charge in [0.1, 0.15) is 11.9 Å². The smallest absolute Gasteiger partial charge is 0.246 e. The van der Waals surface area contributed by atoms with Crippen molar-refractivity contribution in [3.8, 4) is 0 Å². The normalized spacial score (nSPS) is 15.8. The third-order valence-corrected chi connectivity index (χ3v) is 5.64. The van der Waals surface area contributed by atoms with E-state index in [1.165, 1.54) is 29.4 Å². The second kappa shape index (κ2) is 9.46. The minimum absolute atomic E-state index is 0.175. The Bertz CT molecular complexity index is 868. The number of carbonyl (C=O) groups is 1. The summed E-state index contributed by atoms with van der Waals surface area (Å²) in [6, 6.07) is 9.61. The van der Waals surface area contributed by atoms with Gasteiger partial charge in [-0.2, -0.15) is 0 Å². The van der Waals surface area contributed by atoms with E-state index in [0.29, 0.717) is 5.69 Å². The Kier molecular flexibility index (Phi) is 6.98. The summed E-state index contributed by atoms with van der Waals surface area (Å²) in [6.45, 7) is 11.4. The summed E-state index contributed by atoms with van der Waals surface area (Å²) in [5, 5.41) is 6.13. The number of benzene rings is 2. The summed E-state index contributed by atoms with van der Waals surface area (Å²) in [7, 11) is 0. The van der Waals surface area contributed by atoms with Crippen molar-refractivity contribution in [1.82, 2.24) is 4.90 Å². The Balaban J connectivity index is 1.61. The molecule has 0 spiro atoms. The first kappa shape index (κ1) is 21.4. The zero-order valence-corrected chi connectivity index (χ0v) is 17.9. The van der Waals surface area contributed by atoms with Gasteiger partial charge in [-0.05, 0) is 62.4 Å². The van der Waals surface area contributed by atoms with E-state index in [1.807, 2.05) is 6.07 Å². The van der Waals surface area contributed by atoms with E-state index in [9.17, 15) is 9.18 Å². The molecule has 0 aliphatic carbocycles. The lowest BCUT2D eigenvalue weighted by molar-refractivity contribution is -0.116. The molecule has 1 aliphatic rings. The highest BCUT2D eigenvalue weighted by molar-refractivity contribution is 6.33. The summed E-state index contributed by atoms with van der Waals surface area (Å²) in [5.41, 5.74) is 3.69. The van der Waals surface area contributed by atoms with Crippen molar-refractivity contribution in [3.05, 3.63) is 52.8 Å². The number of hydrogen-bond donors (Lipinski definition) is 2. The van der Waals surface area contributed by atoms with Gasteiger partial charge in [-0.3, -0.25) is 4.79 Å². The minimum atomic E-state index is -0.477. The first-order chi connectivity index (χ1) is 13.9. The quantitative estimate of drug-likeness (QED) is 0.731. The van der Waals surface area contributed by atoms with Crippen LogP contribution >= 0.6 is 11.6 Å². The number of aryl methyl sites for hydroxylation is 1. The number of piperazine rings is 1. The molecular formula is C22H28ClFN4O. The van der Waals surface area contributed by atoms with Gasteiger partial charge < -0.3 is 20.4 Å². The Hall–Kier alpha value is -2.31. The van der Waals surface area contributed by atoms with Gasteiger partial charge >= 0.3 is 0 Å². The van der Waals surface area contributed by atoms with Gasteiger partial charge in [0.15, 0.2) is 0 Å². The van der Waals surface area contributed by atoms with Gasteiger partial charge in [0, 0.05) is 37.6 Å². The van der Waals surface area contributed by atoms with Crippen molar-refractivity contribution in [2.45, 2.75) is 26.8 Å². The average Bonchev–Trinajstić information content (AvgIpc) is 2.70. The summed E-state index contributed by atoms with van der Waals surface area (Å²) in [6.07, 6.45) is 0. The van der Waals surface area contributed by atoms with E-state index in [1.54, 1.807) is 6.92 Å². The van der Waals surface area contributed by atoms with Gasteiger partial charge in [0.05, 0.1) is 10.7 Å². The number of halogens is 2. The molecule has 1 fully saturated rings. The minimum Gasteiger partial charge on any atom is -0.374 e. The van der Waals surface area contributed by atoms with Crippen molar-refractivity contribution in [1.29, 1.82) is 0 Å². The van der Waals surface area contributed by atoms with Crippen LogP contribution in [0.25, 0.3) is 0 Å². The molecule has 0 aromatic heterocycles. The fraction of sp³-hybridized carbons (Fsp3) is 0.409. The summed E-state index contributed by atoms with van der Waals surface area (Å²) < 4.78 is 13.2. The number of anilines is 3. The van der Waals surface area contributed by atoms with Crippen LogP contribution in [0.2, 0.25) is 5.02 Å². The van der Waals surface area contributed by atoms with Crippen LogP contribution in [0.1, 0.15) is 19.4 Å². The molecule has 2 aromatic carbocycles. The van der Waals surface area contributed by atoms with Crippen molar-refractivity contribution < 1.29 is 9.18 Å². The molecule has 1 saturated heterocycles. The third kappa shape index (κ3) is 5.40. The van der Waals surface area contributed by atoms with Gasteiger partial charge in [-0.1, -0.05) is 18.5 Å². The number of carbonyl (C=O) groups excluding carboxylic acids is 1. The molecule has 0 bridgehead atoms. The monoisotopic (exact) mass is 418 g/mol. The lowest BCUT2D eigenvalue weighted by Gasteiger charge is -2.36. The van der Waals surface area contributed by atoms with Gasteiger partial charge in [-0.25, -0.2) is 4.39 Å². The van der Waals surface area contributed by atoms with Crippen molar-refractivity contribution in [2.75, 3.05) is 48.3 Å². The molecule has 1 aliphatic heterocycles. The van der Waals surface area contributed by atoms with Crippen molar-refractivity contribution >= 4 is 34.6 Å². The molecule has 1 heterocycles. The number of amides is 1. The van der Waals surface area contributed by atoms with Crippen LogP contribution in [0.15, 0.2) is 36.4 Å². The molecule has 156 valence electrons. The summed E-state index contributed by atoms with van der Waals surface area (Å²) >= 11 is 5.99. The van der Waals surface area contributed by atoms with Crippen LogP contribution < -0.4 is 15.5 Å². The fourth-order valence-electron chi connectivity index (χ4n) is 3.55. The Labute approximate surface area is 176 Å². The van der Waals surface area contributed by atoms with Crippen LogP contribution in [0.3, 0.4) is 0 Å². The standard InChI is InChI=1S/C22H28ClFN4O/c1-4-27-9-11-28(12-10-27)21-8-6-18(13-15(21)2)25-16(3)22(29)26-20-7-5-17(24)14-19(20)23/h5-8,13-14,16,25H,4,9-12H2,1-3H3,(H,26,29)/t16-/m0/s1. The van der Waals surface area contributed by atoms with E-state index >= 15 is 0 Å². The maximum atomic E-state index is 13.2. The molecular weight excluding hydrogens is 391 g/mol. The maximum absolute atomic E-state index is 13.2. The molecule has 2 N–H and O–H groups in total. The number of nitrogens with zero attached hydrogens (tertiary/aromatic N) is 2. The van der Waals surface area contributed by atoms with Gasteiger partial charge in [-0.15, -0.1) is 0 Å². The highest BCUT2D eigenvalue weighted by Crippen LogP contribution is 2.26. The first-order valence-corrected chi connectivity index (χ1v) is 10.4. The SMILES string of the molecule is CCN1CCN(c2ccc(N[C@@H](C)C(=O)Nc3ccc(F)cc3Cl)cc2C)CC1. The molecule has 29 heavy (non-hydrogen) atoms. The van der Waals surface area contributed by atoms with E-state index in [0.717, 1.165) is 38.4 Å². The van der Waals surface area contributed by atoms with Crippen LogP contribution in [0.4, 0.5) is 21.5 Å². The number of nitrogens with one attached hydrogen (secondary N) is 2. The molecule has 7 heteroatoms.